The van der Waals surface area contributed by atoms with Gasteiger partial charge in [-0.25, -0.2) is 9.59 Å². The molecule has 0 bridgehead atoms. The summed E-state index contributed by atoms with van der Waals surface area (Å²) < 4.78 is 16.3. The molecule has 3 aromatic carbocycles. The Morgan fingerprint density at radius 3 is 2.31 bits per heavy atom. The van der Waals surface area contributed by atoms with Gasteiger partial charge in [-0.05, 0) is 57.4 Å². The van der Waals surface area contributed by atoms with E-state index in [1.807, 2.05) is 25.1 Å². The number of hydrogen-bond acceptors (Lipinski definition) is 5. The van der Waals surface area contributed by atoms with Crippen molar-refractivity contribution in [2.45, 2.75) is 6.92 Å². The Labute approximate surface area is 176 Å². The summed E-state index contributed by atoms with van der Waals surface area (Å²) in [5, 5.41) is 11.2. The van der Waals surface area contributed by atoms with Crippen molar-refractivity contribution in [3.05, 3.63) is 57.6 Å². The maximum Gasteiger partial charge on any atom is 0.339 e. The number of methoxy groups -OCH3 is 3. The second kappa shape index (κ2) is 8.13. The monoisotopic (exact) mass is 458 g/mol. The van der Waals surface area contributed by atoms with Gasteiger partial charge < -0.3 is 19.3 Å². The number of aromatic carboxylic acids is 1. The second-order valence-corrected chi connectivity index (χ2v) is 7.24. The number of aryl methyl sites for hydroxylation is 1. The number of halogens is 1. The van der Waals surface area contributed by atoms with E-state index < -0.39 is 11.9 Å². The number of esters is 1. The molecule has 0 aromatic heterocycles. The lowest BCUT2D eigenvalue weighted by molar-refractivity contribution is 0.0584. The minimum absolute atomic E-state index is 0.0165. The van der Waals surface area contributed by atoms with E-state index in [1.165, 1.54) is 27.4 Å². The molecule has 0 aliphatic heterocycles. The van der Waals surface area contributed by atoms with Crippen LogP contribution in [-0.4, -0.2) is 38.4 Å². The summed E-state index contributed by atoms with van der Waals surface area (Å²) >= 11 is 3.46. The molecule has 29 heavy (non-hydrogen) atoms. The second-order valence-electron chi connectivity index (χ2n) is 6.39. The van der Waals surface area contributed by atoms with Gasteiger partial charge in [-0.1, -0.05) is 23.8 Å². The number of carboxylic acids is 1. The van der Waals surface area contributed by atoms with Gasteiger partial charge in [0, 0.05) is 5.56 Å². The first-order valence-corrected chi connectivity index (χ1v) is 9.42. The van der Waals surface area contributed by atoms with Gasteiger partial charge in [0.2, 0.25) is 0 Å². The maximum absolute atomic E-state index is 12.7. The molecule has 0 aliphatic rings. The molecule has 6 nitrogen and oxygen atoms in total. The van der Waals surface area contributed by atoms with Crippen LogP contribution >= 0.6 is 15.9 Å². The van der Waals surface area contributed by atoms with E-state index in [4.69, 9.17) is 14.2 Å². The largest absolute Gasteiger partial charge is 0.493 e. The Hall–Kier alpha value is -3.06. The SMILES string of the molecule is COC(=O)c1c(C(=O)O)cc2ccc(C)cc2c1-c1cc(Br)c(OC)c(OC)c1. The number of ether oxygens (including phenoxy) is 3. The van der Waals surface area contributed by atoms with E-state index in [1.54, 1.807) is 12.1 Å². The van der Waals surface area contributed by atoms with Gasteiger partial charge in [-0.3, -0.25) is 0 Å². The minimum Gasteiger partial charge on any atom is -0.493 e. The van der Waals surface area contributed by atoms with Gasteiger partial charge in [0.25, 0.3) is 0 Å². The van der Waals surface area contributed by atoms with Crippen LogP contribution in [0.4, 0.5) is 0 Å². The third-order valence-corrected chi connectivity index (χ3v) is 5.23. The van der Waals surface area contributed by atoms with Crippen LogP contribution in [0.25, 0.3) is 21.9 Å². The first-order chi connectivity index (χ1) is 13.8. The number of rotatable bonds is 5. The highest BCUT2D eigenvalue weighted by atomic mass is 79.9. The Morgan fingerprint density at radius 2 is 1.72 bits per heavy atom. The smallest absolute Gasteiger partial charge is 0.339 e. The van der Waals surface area contributed by atoms with Gasteiger partial charge in [-0.2, -0.15) is 0 Å². The van der Waals surface area contributed by atoms with Gasteiger partial charge in [0.05, 0.1) is 36.9 Å². The zero-order chi connectivity index (χ0) is 21.3. The van der Waals surface area contributed by atoms with Crippen molar-refractivity contribution in [1.82, 2.24) is 0 Å². The number of fused-ring (bicyclic) bond motifs is 1. The van der Waals surface area contributed by atoms with E-state index in [0.717, 1.165) is 10.9 Å². The summed E-state index contributed by atoms with van der Waals surface area (Å²) in [4.78, 5) is 24.6. The fourth-order valence-electron chi connectivity index (χ4n) is 3.35. The minimum atomic E-state index is -1.21. The summed E-state index contributed by atoms with van der Waals surface area (Å²) in [5.74, 6) is -1.01. The molecular formula is C22H19BrO6. The van der Waals surface area contributed by atoms with Crippen molar-refractivity contribution in [3.8, 4) is 22.6 Å². The fraction of sp³-hybridized carbons (Fsp3) is 0.182. The molecule has 0 spiro atoms. The Morgan fingerprint density at radius 1 is 1.00 bits per heavy atom. The predicted molar refractivity (Wildman–Crippen MR) is 113 cm³/mol. The van der Waals surface area contributed by atoms with Crippen LogP contribution < -0.4 is 9.47 Å². The van der Waals surface area contributed by atoms with Crippen molar-refractivity contribution in [2.24, 2.45) is 0 Å². The molecule has 0 fully saturated rings. The fourth-order valence-corrected chi connectivity index (χ4v) is 3.96. The Balaban J connectivity index is 2.54. The summed E-state index contributed by atoms with van der Waals surface area (Å²) in [7, 11) is 4.25. The lowest BCUT2D eigenvalue weighted by Gasteiger charge is -2.18. The third kappa shape index (κ3) is 3.65. The zero-order valence-corrected chi connectivity index (χ0v) is 17.9. The highest BCUT2D eigenvalue weighted by molar-refractivity contribution is 9.10. The molecule has 0 atom stereocenters. The predicted octanol–water partition coefficient (Wildman–Crippen LogP) is 5.08. The zero-order valence-electron chi connectivity index (χ0n) is 16.3. The summed E-state index contributed by atoms with van der Waals surface area (Å²) in [6.45, 7) is 1.93. The molecule has 0 unspecified atom stereocenters. The van der Waals surface area contributed by atoms with Crippen molar-refractivity contribution in [3.63, 3.8) is 0 Å². The molecule has 150 valence electrons. The first-order valence-electron chi connectivity index (χ1n) is 8.63. The van der Waals surface area contributed by atoms with Gasteiger partial charge in [0.15, 0.2) is 11.5 Å². The van der Waals surface area contributed by atoms with Crippen LogP contribution in [0, 0.1) is 6.92 Å². The normalized spacial score (nSPS) is 10.7. The molecule has 3 aromatic rings. The van der Waals surface area contributed by atoms with E-state index in [2.05, 4.69) is 15.9 Å². The quantitative estimate of drug-likeness (QED) is 0.536. The van der Waals surface area contributed by atoms with Crippen LogP contribution in [0.1, 0.15) is 26.3 Å². The molecule has 0 saturated carbocycles. The number of hydrogen-bond donors (Lipinski definition) is 1. The number of carbonyl (C=O) groups is 2. The maximum atomic E-state index is 12.7. The lowest BCUT2D eigenvalue weighted by Crippen LogP contribution is -2.12. The Bertz CT molecular complexity index is 1140. The topological polar surface area (TPSA) is 82.1 Å². The number of benzene rings is 3. The van der Waals surface area contributed by atoms with E-state index in [-0.39, 0.29) is 11.1 Å². The highest BCUT2D eigenvalue weighted by Gasteiger charge is 2.26. The Kier molecular flexibility index (Phi) is 5.79. The average Bonchev–Trinajstić information content (AvgIpc) is 2.70. The molecule has 0 heterocycles. The van der Waals surface area contributed by atoms with Crippen LogP contribution in [0.15, 0.2) is 40.9 Å². The first kappa shape index (κ1) is 20.7. The van der Waals surface area contributed by atoms with E-state index >= 15 is 0 Å². The molecule has 0 amide bonds. The van der Waals surface area contributed by atoms with Crippen LogP contribution in [0.2, 0.25) is 0 Å². The van der Waals surface area contributed by atoms with Gasteiger partial charge in [0.1, 0.15) is 0 Å². The molecule has 7 heteroatoms. The summed E-state index contributed by atoms with van der Waals surface area (Å²) in [5.41, 5.74) is 1.87. The van der Waals surface area contributed by atoms with Gasteiger partial charge in [-0.15, -0.1) is 0 Å². The lowest BCUT2D eigenvalue weighted by atomic mass is 9.88. The third-order valence-electron chi connectivity index (χ3n) is 4.64. The summed E-state index contributed by atoms with van der Waals surface area (Å²) in [6.07, 6.45) is 0. The van der Waals surface area contributed by atoms with E-state index in [9.17, 15) is 14.7 Å². The van der Waals surface area contributed by atoms with Crippen LogP contribution in [-0.2, 0) is 4.74 Å². The molecule has 0 saturated heterocycles. The molecular weight excluding hydrogens is 440 g/mol. The highest BCUT2D eigenvalue weighted by Crippen LogP contribution is 2.43. The average molecular weight is 459 g/mol. The van der Waals surface area contributed by atoms with Crippen LogP contribution in [0.5, 0.6) is 11.5 Å². The molecule has 3 rings (SSSR count). The molecule has 1 N–H and O–H groups in total. The molecule has 0 aliphatic carbocycles. The number of carboxylic acid groups (broad SMARTS) is 1. The van der Waals surface area contributed by atoms with Crippen LogP contribution in [0.3, 0.4) is 0 Å². The summed E-state index contributed by atoms with van der Waals surface area (Å²) in [6, 6.07) is 10.6. The van der Waals surface area contributed by atoms with Gasteiger partial charge >= 0.3 is 11.9 Å². The molecule has 0 radical (unpaired) electrons. The number of carbonyl (C=O) groups excluding carboxylic acids is 1. The van der Waals surface area contributed by atoms with E-state index in [0.29, 0.717) is 32.5 Å². The van der Waals surface area contributed by atoms with Crippen molar-refractivity contribution in [2.75, 3.05) is 21.3 Å². The van der Waals surface area contributed by atoms with Crippen molar-refractivity contribution >= 4 is 38.6 Å². The standard InChI is InChI=1S/C22H19BrO6/c1-11-5-6-12-8-15(21(24)25)19(22(26)29-4)18(14(12)7-11)13-9-16(23)20(28-3)17(10-13)27-2/h5-10H,1-4H3,(H,24,25). The van der Waals surface area contributed by atoms with Crippen molar-refractivity contribution < 1.29 is 28.9 Å². The van der Waals surface area contributed by atoms with Crippen molar-refractivity contribution in [1.29, 1.82) is 0 Å².